The molecule has 0 saturated carbocycles. The van der Waals surface area contributed by atoms with Gasteiger partial charge >= 0.3 is 5.97 Å². The summed E-state index contributed by atoms with van der Waals surface area (Å²) in [7, 11) is 1.22. The minimum atomic E-state index is -0.666. The molecule has 1 heterocycles. The molecule has 0 atom stereocenters. The molecule has 142 valence electrons. The molecule has 0 spiro atoms. The molecule has 2 aromatic rings. The highest BCUT2D eigenvalue weighted by atomic mass is 16.6. The molecule has 2 aromatic carbocycles. The third kappa shape index (κ3) is 3.35. The smallest absolute Gasteiger partial charge is 0.340 e. The SMILES string of the molecule is COC(=O)C1=C(C)N(c2ccc([N+](=O)[O-])cc2)C(=O)C1=Cc1ccc(O)cc1. The summed E-state index contributed by atoms with van der Waals surface area (Å²) in [6.07, 6.45) is 1.53. The summed E-state index contributed by atoms with van der Waals surface area (Å²) in [6, 6.07) is 11.6. The van der Waals surface area contributed by atoms with E-state index < -0.39 is 16.8 Å². The van der Waals surface area contributed by atoms with E-state index in [2.05, 4.69) is 0 Å². The van der Waals surface area contributed by atoms with E-state index in [0.29, 0.717) is 16.9 Å². The molecule has 1 N–H and O–H groups in total. The summed E-state index contributed by atoms with van der Waals surface area (Å²) in [4.78, 5) is 37.0. The number of nitrogens with zero attached hydrogens (tertiary/aromatic N) is 2. The Labute approximate surface area is 160 Å². The largest absolute Gasteiger partial charge is 0.508 e. The zero-order valence-electron chi connectivity index (χ0n) is 15.1. The lowest BCUT2D eigenvalue weighted by atomic mass is 10.0. The number of allylic oxidation sites excluding steroid dienone is 1. The minimum Gasteiger partial charge on any atom is -0.508 e. The third-order valence-electron chi connectivity index (χ3n) is 4.31. The van der Waals surface area contributed by atoms with Crippen LogP contribution in [0.3, 0.4) is 0 Å². The van der Waals surface area contributed by atoms with E-state index in [1.807, 2.05) is 0 Å². The minimum absolute atomic E-state index is 0.0762. The van der Waals surface area contributed by atoms with E-state index in [0.717, 1.165) is 0 Å². The van der Waals surface area contributed by atoms with Crippen LogP contribution in [0.5, 0.6) is 5.75 Å². The Morgan fingerprint density at radius 3 is 2.29 bits per heavy atom. The van der Waals surface area contributed by atoms with Gasteiger partial charge in [0.1, 0.15) is 5.75 Å². The number of anilines is 1. The van der Waals surface area contributed by atoms with E-state index in [4.69, 9.17) is 4.74 Å². The van der Waals surface area contributed by atoms with Gasteiger partial charge in [0.05, 0.1) is 23.2 Å². The Bertz CT molecular complexity index is 1020. The maximum atomic E-state index is 13.1. The van der Waals surface area contributed by atoms with Gasteiger partial charge in [-0.3, -0.25) is 19.8 Å². The summed E-state index contributed by atoms with van der Waals surface area (Å²) in [6.45, 7) is 1.60. The van der Waals surface area contributed by atoms with Crippen LogP contribution in [0.15, 0.2) is 65.4 Å². The Morgan fingerprint density at radius 1 is 1.14 bits per heavy atom. The molecule has 0 saturated heterocycles. The predicted octanol–water partition coefficient (Wildman–Crippen LogP) is 3.18. The van der Waals surface area contributed by atoms with E-state index in [9.17, 15) is 24.8 Å². The molecule has 0 radical (unpaired) electrons. The van der Waals surface area contributed by atoms with Crippen LogP contribution in [0.1, 0.15) is 12.5 Å². The molecule has 0 aromatic heterocycles. The van der Waals surface area contributed by atoms with Gasteiger partial charge in [0, 0.05) is 23.5 Å². The maximum Gasteiger partial charge on any atom is 0.340 e. The zero-order chi connectivity index (χ0) is 20.4. The second kappa shape index (κ2) is 7.36. The zero-order valence-corrected chi connectivity index (χ0v) is 15.1. The maximum absolute atomic E-state index is 13.1. The van der Waals surface area contributed by atoms with E-state index in [-0.39, 0.29) is 22.6 Å². The topological polar surface area (TPSA) is 110 Å². The van der Waals surface area contributed by atoms with Crippen LogP contribution in [-0.4, -0.2) is 29.0 Å². The number of carbonyl (C=O) groups excluding carboxylic acids is 2. The second-order valence-corrected chi connectivity index (χ2v) is 6.02. The first-order valence-electron chi connectivity index (χ1n) is 8.22. The lowest BCUT2D eigenvalue weighted by molar-refractivity contribution is -0.384. The highest BCUT2D eigenvalue weighted by Gasteiger charge is 2.38. The predicted molar refractivity (Wildman–Crippen MR) is 101 cm³/mol. The van der Waals surface area contributed by atoms with Crippen LogP contribution in [0.2, 0.25) is 0 Å². The lowest BCUT2D eigenvalue weighted by Gasteiger charge is -2.17. The number of aromatic hydroxyl groups is 1. The van der Waals surface area contributed by atoms with Crippen molar-refractivity contribution >= 4 is 29.3 Å². The molecular weight excluding hydrogens is 364 g/mol. The van der Waals surface area contributed by atoms with Crippen LogP contribution >= 0.6 is 0 Å². The number of non-ortho nitro benzene ring substituents is 1. The van der Waals surface area contributed by atoms with Crippen LogP contribution < -0.4 is 4.90 Å². The molecular formula is C20H16N2O6. The van der Waals surface area contributed by atoms with Gasteiger partial charge in [-0.1, -0.05) is 12.1 Å². The molecule has 0 aliphatic carbocycles. The van der Waals surface area contributed by atoms with Gasteiger partial charge < -0.3 is 9.84 Å². The van der Waals surface area contributed by atoms with E-state index in [1.54, 1.807) is 19.1 Å². The number of ether oxygens (including phenoxy) is 1. The van der Waals surface area contributed by atoms with Gasteiger partial charge in [0.15, 0.2) is 0 Å². The van der Waals surface area contributed by atoms with Crippen molar-refractivity contribution in [3.8, 4) is 5.75 Å². The Balaban J connectivity index is 2.09. The van der Waals surface area contributed by atoms with Crippen molar-refractivity contribution in [3.63, 3.8) is 0 Å². The van der Waals surface area contributed by atoms with Crippen molar-refractivity contribution in [1.82, 2.24) is 0 Å². The molecule has 28 heavy (non-hydrogen) atoms. The number of phenolic OH excluding ortho intramolecular Hbond substituents is 1. The molecule has 1 aliphatic heterocycles. The van der Waals surface area contributed by atoms with E-state index in [1.165, 1.54) is 54.5 Å². The number of hydrogen-bond donors (Lipinski definition) is 1. The van der Waals surface area contributed by atoms with Gasteiger partial charge in [-0.25, -0.2) is 4.79 Å². The van der Waals surface area contributed by atoms with Crippen molar-refractivity contribution in [2.75, 3.05) is 12.0 Å². The fourth-order valence-electron chi connectivity index (χ4n) is 2.95. The van der Waals surface area contributed by atoms with Crippen LogP contribution in [0.4, 0.5) is 11.4 Å². The highest BCUT2D eigenvalue weighted by Crippen LogP contribution is 2.36. The number of benzene rings is 2. The molecule has 0 unspecified atom stereocenters. The third-order valence-corrected chi connectivity index (χ3v) is 4.31. The van der Waals surface area contributed by atoms with Crippen LogP contribution in [-0.2, 0) is 14.3 Å². The first-order valence-corrected chi connectivity index (χ1v) is 8.22. The van der Waals surface area contributed by atoms with Gasteiger partial charge in [-0.05, 0) is 42.8 Å². The average Bonchev–Trinajstić information content (AvgIpc) is 2.93. The Hall–Kier alpha value is -3.94. The lowest BCUT2D eigenvalue weighted by Crippen LogP contribution is -2.24. The standard InChI is InChI=1S/C20H16N2O6/c1-12-18(20(25)28-2)17(11-13-3-9-16(23)10-4-13)19(24)21(12)14-5-7-15(8-6-14)22(26)27/h3-11,23H,1-2H3. The highest BCUT2D eigenvalue weighted by molar-refractivity contribution is 6.23. The number of methoxy groups -OCH3 is 1. The molecule has 1 aliphatic rings. The summed E-state index contributed by atoms with van der Waals surface area (Å²) in [5.41, 5.74) is 1.50. The van der Waals surface area contributed by atoms with Crippen molar-refractivity contribution in [2.45, 2.75) is 6.92 Å². The number of amides is 1. The van der Waals surface area contributed by atoms with Gasteiger partial charge in [-0.15, -0.1) is 0 Å². The summed E-state index contributed by atoms with van der Waals surface area (Å²) in [5, 5.41) is 20.3. The second-order valence-electron chi connectivity index (χ2n) is 6.02. The van der Waals surface area contributed by atoms with Crippen molar-refractivity contribution in [2.24, 2.45) is 0 Å². The monoisotopic (exact) mass is 380 g/mol. The molecule has 1 amide bonds. The number of esters is 1. The molecule has 0 bridgehead atoms. The Kier molecular flexibility index (Phi) is 4.95. The molecule has 0 fully saturated rings. The van der Waals surface area contributed by atoms with E-state index >= 15 is 0 Å². The van der Waals surface area contributed by atoms with Crippen LogP contribution in [0.25, 0.3) is 6.08 Å². The first kappa shape index (κ1) is 18.8. The van der Waals surface area contributed by atoms with Crippen LogP contribution in [0, 0.1) is 10.1 Å². The number of hydrogen-bond acceptors (Lipinski definition) is 6. The molecule has 8 heteroatoms. The fourth-order valence-corrected chi connectivity index (χ4v) is 2.95. The molecule has 3 rings (SSSR count). The number of rotatable bonds is 4. The first-order chi connectivity index (χ1) is 13.3. The summed E-state index contributed by atoms with van der Waals surface area (Å²) < 4.78 is 4.83. The van der Waals surface area contributed by atoms with Crippen molar-refractivity contribution < 1.29 is 24.4 Å². The van der Waals surface area contributed by atoms with Crippen molar-refractivity contribution in [3.05, 3.63) is 81.1 Å². The Morgan fingerprint density at radius 2 is 1.75 bits per heavy atom. The van der Waals surface area contributed by atoms with Crippen molar-refractivity contribution in [1.29, 1.82) is 0 Å². The van der Waals surface area contributed by atoms with Gasteiger partial charge in [0.25, 0.3) is 11.6 Å². The summed E-state index contributed by atoms with van der Waals surface area (Å²) in [5.74, 6) is -1.05. The van der Waals surface area contributed by atoms with Gasteiger partial charge in [0.2, 0.25) is 0 Å². The molecule has 8 nitrogen and oxygen atoms in total. The normalized spacial score (nSPS) is 15.3. The average molecular weight is 380 g/mol. The van der Waals surface area contributed by atoms with Gasteiger partial charge in [-0.2, -0.15) is 0 Å². The number of nitro groups is 1. The number of nitro benzene ring substituents is 1. The fraction of sp³-hybridized carbons (Fsp3) is 0.100. The number of phenols is 1. The summed E-state index contributed by atoms with van der Waals surface area (Å²) >= 11 is 0. The number of carbonyl (C=O) groups is 2. The quantitative estimate of drug-likeness (QED) is 0.378.